The van der Waals surface area contributed by atoms with Gasteiger partial charge >= 0.3 is 11.9 Å². The van der Waals surface area contributed by atoms with Crippen LogP contribution in [0.25, 0.3) is 0 Å². The van der Waals surface area contributed by atoms with Gasteiger partial charge in [0.05, 0.1) is 26.4 Å². The summed E-state index contributed by atoms with van der Waals surface area (Å²) < 4.78 is 32.8. The molecule has 0 fully saturated rings. The summed E-state index contributed by atoms with van der Waals surface area (Å²) in [5.41, 5.74) is 0. The molecule has 0 aliphatic heterocycles. The van der Waals surface area contributed by atoms with E-state index in [0.717, 1.165) is 38.9 Å². The Morgan fingerprint density at radius 2 is 0.979 bits per heavy atom. The molecular formula is C39H102O9. The highest BCUT2D eigenvalue weighted by Gasteiger charge is 1.95. The highest BCUT2D eigenvalue weighted by atomic mass is 16.7. The van der Waals surface area contributed by atoms with E-state index in [2.05, 4.69) is 41.9 Å². The summed E-state index contributed by atoms with van der Waals surface area (Å²) in [5, 5.41) is 0. The molecule has 0 saturated heterocycles. The van der Waals surface area contributed by atoms with Gasteiger partial charge in [-0.15, -0.1) is 0 Å². The van der Waals surface area contributed by atoms with Crippen LogP contribution in [0.1, 0.15) is 179 Å². The van der Waals surface area contributed by atoms with Gasteiger partial charge in [-0.3, -0.25) is 9.59 Å². The standard InChI is InChI=1S/2C6H12O2.C5H12O2.C5H12O.C5H12.C4H10O2.8CH4/c1-3-4-5-6(7)8-2;1-3-4-5-8-6(2)7;1-5(7-3)4-6-2;1-3-4-5-6-2;1-3-5-4-2;1-3-6-4-5-2;;;;;;;;/h2*3-5H2,1-2H3;5H,4H2,1-3H3;3-5H2,1-2H3;3-5H2,1-2H3;3-4H2,1-2H3;8*1H4. The van der Waals surface area contributed by atoms with Gasteiger partial charge in [0.1, 0.15) is 6.79 Å². The summed E-state index contributed by atoms with van der Waals surface area (Å²) in [6.07, 6.45) is 11.3. The van der Waals surface area contributed by atoms with Gasteiger partial charge in [0, 0.05) is 55.0 Å². The van der Waals surface area contributed by atoms with E-state index in [4.69, 9.17) is 18.9 Å². The summed E-state index contributed by atoms with van der Waals surface area (Å²) >= 11 is 0. The molecule has 0 heterocycles. The minimum absolute atomic E-state index is 0. The number of carbonyl (C=O) groups excluding carboxylic acids is 2. The molecule has 0 spiro atoms. The number of hydrogen-bond acceptors (Lipinski definition) is 9. The first kappa shape index (κ1) is 91.2. The van der Waals surface area contributed by atoms with Crippen LogP contribution in [0.3, 0.4) is 0 Å². The first-order chi connectivity index (χ1) is 19.1. The van der Waals surface area contributed by atoms with Crippen LogP contribution in [0.15, 0.2) is 0 Å². The summed E-state index contributed by atoms with van der Waals surface area (Å²) in [6, 6.07) is 0. The van der Waals surface area contributed by atoms with E-state index in [-0.39, 0.29) is 77.5 Å². The lowest BCUT2D eigenvalue weighted by Gasteiger charge is -2.05. The molecule has 0 aliphatic rings. The van der Waals surface area contributed by atoms with Gasteiger partial charge in [-0.05, 0) is 33.1 Å². The van der Waals surface area contributed by atoms with Crippen molar-refractivity contribution in [1.29, 1.82) is 0 Å². The van der Waals surface area contributed by atoms with Crippen LogP contribution < -0.4 is 0 Å². The predicted octanol–water partition coefficient (Wildman–Crippen LogP) is 12.7. The average molecular weight is 715 g/mol. The molecule has 0 aromatic rings. The first-order valence-corrected chi connectivity index (χ1v) is 14.9. The van der Waals surface area contributed by atoms with E-state index in [0.29, 0.717) is 26.4 Å². The van der Waals surface area contributed by atoms with Crippen molar-refractivity contribution >= 4 is 11.9 Å². The van der Waals surface area contributed by atoms with E-state index < -0.39 is 0 Å². The SMILES string of the molecule is C.C.C.C.C.C.C.C.CCCCC.CCCCC(=O)OC.CCCCOC.CCCCOC(C)=O.CCOCOC.COCC(C)OC. The number of methoxy groups -OCH3 is 5. The van der Waals surface area contributed by atoms with E-state index in [9.17, 15) is 9.59 Å². The Hall–Kier alpha value is -1.26. The quantitative estimate of drug-likeness (QED) is 0.0828. The monoisotopic (exact) mass is 715 g/mol. The van der Waals surface area contributed by atoms with E-state index in [1.165, 1.54) is 46.1 Å². The van der Waals surface area contributed by atoms with Gasteiger partial charge < -0.3 is 33.2 Å². The highest BCUT2D eigenvalue weighted by Crippen LogP contribution is 1.94. The number of esters is 2. The Balaban J connectivity index is -0.0000000234. The summed E-state index contributed by atoms with van der Waals surface area (Å²) in [7, 11) is 8.09. The molecule has 0 aromatic heterocycles. The van der Waals surface area contributed by atoms with Gasteiger partial charge in [0.2, 0.25) is 0 Å². The maximum atomic E-state index is 10.3. The first-order valence-electron chi connectivity index (χ1n) is 14.9. The Kier molecular flexibility index (Phi) is 197. The van der Waals surface area contributed by atoms with Crippen LogP contribution >= 0.6 is 0 Å². The summed E-state index contributed by atoms with van der Waals surface area (Å²) in [5.74, 6) is -0.287. The van der Waals surface area contributed by atoms with E-state index >= 15 is 0 Å². The molecule has 312 valence electrons. The molecule has 1 unspecified atom stereocenters. The second-order valence-electron chi connectivity index (χ2n) is 8.47. The van der Waals surface area contributed by atoms with Crippen LogP contribution in [0.2, 0.25) is 0 Å². The molecule has 0 N–H and O–H groups in total. The van der Waals surface area contributed by atoms with Crippen molar-refractivity contribution in [2.24, 2.45) is 0 Å². The lowest BCUT2D eigenvalue weighted by Crippen LogP contribution is -2.11. The zero-order valence-corrected chi connectivity index (χ0v) is 28.9. The molecule has 1 atom stereocenters. The van der Waals surface area contributed by atoms with Gasteiger partial charge in [-0.2, -0.15) is 0 Å². The second-order valence-corrected chi connectivity index (χ2v) is 8.47. The predicted molar refractivity (Wildman–Crippen MR) is 221 cm³/mol. The highest BCUT2D eigenvalue weighted by molar-refractivity contribution is 5.68. The third-order valence-electron chi connectivity index (χ3n) is 4.38. The maximum absolute atomic E-state index is 10.3. The van der Waals surface area contributed by atoms with E-state index in [1.807, 2.05) is 20.8 Å². The molecule has 0 aromatic carbocycles. The molecule has 48 heavy (non-hydrogen) atoms. The van der Waals surface area contributed by atoms with Crippen molar-refractivity contribution in [3.05, 3.63) is 0 Å². The van der Waals surface area contributed by atoms with Crippen LogP contribution in [-0.2, 0) is 42.7 Å². The molecular weight excluding hydrogens is 612 g/mol. The molecule has 0 saturated carbocycles. The molecule has 0 aliphatic carbocycles. The number of carbonyl (C=O) groups is 2. The number of ether oxygens (including phenoxy) is 7. The Morgan fingerprint density at radius 3 is 1.17 bits per heavy atom. The topological polar surface area (TPSA) is 98.8 Å². The number of rotatable bonds is 17. The Labute approximate surface area is 308 Å². The zero-order chi connectivity index (χ0) is 32.3. The smallest absolute Gasteiger partial charge is 0.305 e. The fourth-order valence-corrected chi connectivity index (χ4v) is 1.90. The van der Waals surface area contributed by atoms with Gasteiger partial charge in [-0.25, -0.2) is 0 Å². The van der Waals surface area contributed by atoms with Crippen molar-refractivity contribution in [3.8, 4) is 0 Å². The molecule has 0 rings (SSSR count). The largest absolute Gasteiger partial charge is 0.469 e. The van der Waals surface area contributed by atoms with Gasteiger partial charge in [0.15, 0.2) is 0 Å². The van der Waals surface area contributed by atoms with Crippen LogP contribution in [0, 0.1) is 0 Å². The van der Waals surface area contributed by atoms with E-state index in [1.54, 1.807) is 28.4 Å². The molecule has 0 radical (unpaired) electrons. The normalized spacial score (nSPS) is 8.10. The van der Waals surface area contributed by atoms with Crippen LogP contribution in [0.5, 0.6) is 0 Å². The van der Waals surface area contributed by atoms with Crippen molar-refractivity contribution in [2.45, 2.75) is 185 Å². The summed E-state index contributed by atoms with van der Waals surface area (Å²) in [6.45, 7) is 19.3. The minimum atomic E-state index is -0.182. The molecule has 9 heteroatoms. The zero-order valence-electron chi connectivity index (χ0n) is 28.9. The van der Waals surface area contributed by atoms with Crippen LogP contribution in [0.4, 0.5) is 0 Å². The van der Waals surface area contributed by atoms with Crippen molar-refractivity contribution in [3.63, 3.8) is 0 Å². The fourth-order valence-electron chi connectivity index (χ4n) is 1.90. The van der Waals surface area contributed by atoms with Crippen molar-refractivity contribution < 1.29 is 42.7 Å². The second kappa shape index (κ2) is 104. The number of hydrogen-bond donors (Lipinski definition) is 0. The fraction of sp³-hybridized carbons (Fsp3) is 0.949. The Bertz CT molecular complexity index is 393. The van der Waals surface area contributed by atoms with Gasteiger partial charge in [0.25, 0.3) is 0 Å². The Morgan fingerprint density at radius 1 is 0.562 bits per heavy atom. The number of unbranched alkanes of at least 4 members (excludes halogenated alkanes) is 5. The average Bonchev–Trinajstić information content (AvgIpc) is 2.95. The molecule has 9 nitrogen and oxygen atoms in total. The third-order valence-corrected chi connectivity index (χ3v) is 4.38. The molecule has 0 bridgehead atoms. The minimum Gasteiger partial charge on any atom is -0.469 e. The van der Waals surface area contributed by atoms with Crippen molar-refractivity contribution in [2.75, 3.05) is 68.8 Å². The summed E-state index contributed by atoms with van der Waals surface area (Å²) in [4.78, 5) is 20.4. The van der Waals surface area contributed by atoms with Gasteiger partial charge in [-0.1, -0.05) is 133 Å². The maximum Gasteiger partial charge on any atom is 0.305 e. The third kappa shape index (κ3) is 166. The molecule has 0 amide bonds. The van der Waals surface area contributed by atoms with Crippen LogP contribution in [-0.4, -0.2) is 86.8 Å². The van der Waals surface area contributed by atoms with Crippen molar-refractivity contribution in [1.82, 2.24) is 0 Å². The lowest BCUT2D eigenvalue weighted by molar-refractivity contribution is -0.141. The lowest BCUT2D eigenvalue weighted by atomic mass is 10.3.